The number of hydrogen-bond acceptors (Lipinski definition) is 17. The number of aliphatic carboxylic acids is 3. The van der Waals surface area contributed by atoms with Gasteiger partial charge in [-0.25, -0.2) is 14.4 Å². The fraction of sp³-hybridized carbons (Fsp3) is 0.151. The van der Waals surface area contributed by atoms with Gasteiger partial charge in [-0.05, 0) is 143 Å². The molecule has 0 radical (unpaired) electrons. The lowest BCUT2D eigenvalue weighted by molar-refractivity contribution is -0.140. The summed E-state index contributed by atoms with van der Waals surface area (Å²) in [6.07, 6.45) is -0.114. The van der Waals surface area contributed by atoms with E-state index >= 15 is 0 Å². The van der Waals surface area contributed by atoms with Crippen LogP contribution < -0.4 is 16.0 Å². The highest BCUT2D eigenvalue weighted by molar-refractivity contribution is 9.10. The Hall–Kier alpha value is -12.3. The number of nitrogens with one attached hydrogen (secondary N) is 6. The number of aromatic amines is 3. The Kier molecular flexibility index (Phi) is 30.1. The van der Waals surface area contributed by atoms with E-state index in [0.29, 0.717) is 62.9 Å². The van der Waals surface area contributed by atoms with Crippen LogP contribution in [0.2, 0.25) is 30.1 Å². The summed E-state index contributed by atoms with van der Waals surface area (Å²) < 4.78 is 0.460. The molecule has 0 saturated heterocycles. The number of fused-ring (bicyclic) bond motifs is 3. The summed E-state index contributed by atoms with van der Waals surface area (Å²) in [6.45, 7) is -0.465. The Balaban J connectivity index is 0.000000188. The highest BCUT2D eigenvalue weighted by Crippen LogP contribution is 2.35. The summed E-state index contributed by atoms with van der Waals surface area (Å²) in [7, 11) is 0. The van der Waals surface area contributed by atoms with Crippen LogP contribution in [0.15, 0.2) is 186 Å². The van der Waals surface area contributed by atoms with Crippen molar-refractivity contribution in [2.45, 2.75) is 82.5 Å². The van der Waals surface area contributed by atoms with Crippen LogP contribution in [0.3, 0.4) is 0 Å². The van der Waals surface area contributed by atoms with E-state index in [4.69, 9.17) is 69.6 Å². The number of carbonyl (C=O) groups excluding carboxylic acids is 10. The highest BCUT2D eigenvalue weighted by atomic mass is 79.9. The first-order valence-electron chi connectivity index (χ1n) is 35.9. The molecule has 0 aliphatic heterocycles. The molecule has 3 aromatic heterocycles. The lowest BCUT2D eigenvalue weighted by atomic mass is 9.98. The lowest BCUT2D eigenvalue weighted by Crippen LogP contribution is -2.42. The number of aromatic hydroxyl groups is 3. The Morgan fingerprint density at radius 3 is 0.992 bits per heavy atom. The van der Waals surface area contributed by atoms with Crippen molar-refractivity contribution in [3.05, 3.63) is 295 Å². The van der Waals surface area contributed by atoms with Crippen LogP contribution in [0.1, 0.15) is 165 Å². The molecule has 0 bridgehead atoms. The highest BCUT2D eigenvalue weighted by Gasteiger charge is 2.33. The lowest BCUT2D eigenvalue weighted by Gasteiger charge is -2.15. The van der Waals surface area contributed by atoms with Crippen molar-refractivity contribution in [1.29, 1.82) is 0 Å². The number of H-pyrrole nitrogens is 3. The summed E-state index contributed by atoms with van der Waals surface area (Å²) in [5.74, 6) is -9.63. The van der Waals surface area contributed by atoms with E-state index in [1.165, 1.54) is 54.6 Å². The van der Waals surface area contributed by atoms with Gasteiger partial charge in [0.1, 0.15) is 52.5 Å². The van der Waals surface area contributed by atoms with Crippen LogP contribution in [0.4, 0.5) is 0 Å². The van der Waals surface area contributed by atoms with Crippen molar-refractivity contribution >= 4 is 195 Å². The molecule has 13 N–H and O–H groups in total. The van der Waals surface area contributed by atoms with Crippen LogP contribution in [0.5, 0.6) is 17.2 Å². The largest absolute Gasteiger partial charge is 0.508 e. The normalized spacial score (nSPS) is 11.7. The number of aliphatic hydroxyl groups is 1. The summed E-state index contributed by atoms with van der Waals surface area (Å²) >= 11 is 41.2. The number of rotatable bonds is 32. The quantitative estimate of drug-likeness (QED) is 0.0138. The molecule has 3 amide bonds. The van der Waals surface area contributed by atoms with E-state index in [-0.39, 0.29) is 140 Å². The minimum absolute atomic E-state index is 0.0213. The smallest absolute Gasteiger partial charge is 0.326 e. The number of halogens is 7. The molecule has 0 aliphatic rings. The van der Waals surface area contributed by atoms with E-state index < -0.39 is 97.0 Å². The molecule has 0 fully saturated rings. The van der Waals surface area contributed by atoms with Crippen LogP contribution in [0.25, 0.3) is 32.7 Å². The Morgan fingerprint density at radius 1 is 0.370 bits per heavy atom. The van der Waals surface area contributed by atoms with Crippen LogP contribution in [-0.4, -0.2) is 145 Å². The van der Waals surface area contributed by atoms with Crippen molar-refractivity contribution in [1.82, 2.24) is 30.9 Å². The number of carboxylic acids is 3. The van der Waals surface area contributed by atoms with Gasteiger partial charge in [-0.2, -0.15) is 0 Å². The zero-order valence-electron chi connectivity index (χ0n) is 61.8. The number of aryl methyl sites for hydroxylation is 3. The summed E-state index contributed by atoms with van der Waals surface area (Å²) in [6, 6.07) is 43.1. The molecular formula is C86H67BrCl6N6O20. The van der Waals surface area contributed by atoms with Gasteiger partial charge in [-0.15, -0.1) is 0 Å². The maximum absolute atomic E-state index is 13.1. The number of carboxylic acid groups (broad SMARTS) is 3. The first-order valence-corrected chi connectivity index (χ1v) is 38.9. The standard InChI is InChI=1S/C29H24Cl2N2O7.C29H22Cl2N2O7.C28H21BrCl2N2O6/c2*30-20-11-16(24(36)9-8-15-4-3-5-17(35)10-15)12-21(31)26(20)25(37)13-23(29(39)40)33-28(38)27-19(14-34)18-6-1-2-7-22(18)32-27;29-25-17-6-1-2-7-20(17)32-26(25)27(37)33-21(28(38)39)13-23(36)24-18(30)11-15(12-19(24)31)22(35)9-8-14-4-3-5-16(34)10-14/h1-7,10-12,23,32,34-35H,8-9,13-14H2,(H,33,38)(H,39,40);1-7,10-12,14,23,32,35H,8-9,13H2,(H,33,38)(H,39,40);1-7,10-12,21,32,34H,8-9,13H2,(H,33,37)(H,38,39)/t2*23-;21-/m000/s1. The Bertz CT molecular complexity index is 5990. The first kappa shape index (κ1) is 89.0. The van der Waals surface area contributed by atoms with Crippen molar-refractivity contribution < 1.29 is 98.1 Å². The minimum Gasteiger partial charge on any atom is -0.508 e. The van der Waals surface area contributed by atoms with Gasteiger partial charge in [0.15, 0.2) is 41.0 Å². The van der Waals surface area contributed by atoms with Crippen LogP contribution in [-0.2, 0) is 40.3 Å². The third kappa shape index (κ3) is 22.3. The second-order valence-electron chi connectivity index (χ2n) is 26.8. The number of carbonyl (C=O) groups is 13. The number of benzene rings is 9. The van der Waals surface area contributed by atoms with E-state index in [1.54, 1.807) is 127 Å². The number of aromatic nitrogens is 3. The van der Waals surface area contributed by atoms with Crippen molar-refractivity contribution in [2.75, 3.05) is 0 Å². The number of aliphatic hydroxyl groups excluding tert-OH is 1. The number of amides is 3. The fourth-order valence-corrected chi connectivity index (χ4v) is 15.5. The molecule has 26 nitrogen and oxygen atoms in total. The first-order chi connectivity index (χ1) is 56.7. The van der Waals surface area contributed by atoms with Crippen molar-refractivity contribution in [2.24, 2.45) is 0 Å². The molecule has 12 aromatic rings. The molecule has 0 aliphatic carbocycles. The molecule has 119 heavy (non-hydrogen) atoms. The number of hydrogen-bond donors (Lipinski definition) is 13. The monoisotopic (exact) mass is 1790 g/mol. The topological polar surface area (TPSA) is 447 Å². The van der Waals surface area contributed by atoms with Gasteiger partial charge < -0.3 is 66.6 Å². The van der Waals surface area contributed by atoms with Gasteiger partial charge in [0, 0.05) is 93.5 Å². The number of para-hydroxylation sites is 3. The van der Waals surface area contributed by atoms with E-state index in [9.17, 15) is 98.1 Å². The van der Waals surface area contributed by atoms with Gasteiger partial charge >= 0.3 is 17.9 Å². The molecule has 12 rings (SSSR count). The van der Waals surface area contributed by atoms with Crippen LogP contribution in [0, 0.1) is 0 Å². The second-order valence-corrected chi connectivity index (χ2v) is 30.1. The second kappa shape index (κ2) is 40.2. The molecular weight excluding hydrogens is 1730 g/mol. The Morgan fingerprint density at radius 2 is 0.664 bits per heavy atom. The molecule has 33 heteroatoms. The van der Waals surface area contributed by atoms with E-state index in [2.05, 4.69) is 46.8 Å². The van der Waals surface area contributed by atoms with E-state index in [1.807, 2.05) is 0 Å². The number of phenols is 3. The predicted molar refractivity (Wildman–Crippen MR) is 449 cm³/mol. The van der Waals surface area contributed by atoms with Crippen molar-refractivity contribution in [3.8, 4) is 17.2 Å². The molecule has 0 spiro atoms. The van der Waals surface area contributed by atoms with Gasteiger partial charge in [0.05, 0.1) is 63.5 Å². The molecule has 3 atom stereocenters. The number of ketones is 6. The molecule has 0 unspecified atom stereocenters. The zero-order chi connectivity index (χ0) is 86.2. The molecule has 9 aromatic carbocycles. The number of aldehydes is 1. The van der Waals surface area contributed by atoms with Gasteiger partial charge in [0.25, 0.3) is 17.7 Å². The molecule has 610 valence electrons. The predicted octanol–water partition coefficient (Wildman–Crippen LogP) is 16.4. The number of phenolic OH excluding ortho intramolecular Hbond substituents is 3. The number of Topliss-reactive ketones (excluding diaryl/α,β-unsaturated/α-hetero) is 6. The van der Waals surface area contributed by atoms with Gasteiger partial charge in [-0.1, -0.05) is 161 Å². The molecule has 0 saturated carbocycles. The molecule has 3 heterocycles. The van der Waals surface area contributed by atoms with Crippen LogP contribution >= 0.6 is 85.5 Å². The van der Waals surface area contributed by atoms with Gasteiger partial charge in [0.2, 0.25) is 0 Å². The average Bonchev–Trinajstić information content (AvgIpc) is 1.81. The van der Waals surface area contributed by atoms with E-state index in [0.717, 1.165) is 22.1 Å². The average molecular weight is 1800 g/mol. The third-order valence-electron chi connectivity index (χ3n) is 18.7. The maximum Gasteiger partial charge on any atom is 0.326 e. The zero-order valence-corrected chi connectivity index (χ0v) is 67.9. The van der Waals surface area contributed by atoms with Crippen molar-refractivity contribution in [3.63, 3.8) is 0 Å². The minimum atomic E-state index is -1.67. The maximum atomic E-state index is 13.1. The van der Waals surface area contributed by atoms with Gasteiger partial charge in [-0.3, -0.25) is 47.9 Å². The SMILES string of the molecule is O=C(CCc1cccc(O)c1)c1cc(Cl)c(C(=O)C[C@H](NC(=O)c2[nH]c3ccccc3c2Br)C(=O)O)c(Cl)c1.O=C(CCc1cccc(O)c1)c1cc(Cl)c(C(=O)C[C@H](NC(=O)c2[nH]c3ccccc3c2CO)C(=O)O)c(Cl)c1.O=Cc1c(C(=O)N[C@@H](CC(=O)c2c(Cl)cc(C(=O)CCc3cccc(O)c3)cc2Cl)C(=O)O)[nH]c2ccccc12. The summed E-state index contributed by atoms with van der Waals surface area (Å²) in [4.78, 5) is 172. The summed E-state index contributed by atoms with van der Waals surface area (Å²) in [5, 5.41) is 75.6. The summed E-state index contributed by atoms with van der Waals surface area (Å²) in [5.41, 5.74) is 4.36. The Labute approximate surface area is 713 Å². The fourth-order valence-electron chi connectivity index (χ4n) is 12.8. The third-order valence-corrected chi connectivity index (χ3v) is 21.3.